The Labute approximate surface area is 147 Å². The first-order chi connectivity index (χ1) is 11.0. The fourth-order valence-electron chi connectivity index (χ4n) is 2.40. The summed E-state index contributed by atoms with van der Waals surface area (Å²) in [6.45, 7) is 0.595. The van der Waals surface area contributed by atoms with Crippen LogP contribution < -0.4 is 5.56 Å². The Kier molecular flexibility index (Phi) is 4.66. The molecule has 3 rings (SSSR count). The summed E-state index contributed by atoms with van der Waals surface area (Å²) in [4.78, 5) is 25.9. The summed E-state index contributed by atoms with van der Waals surface area (Å²) >= 11 is 13.8. The fourth-order valence-corrected chi connectivity index (χ4v) is 4.27. The van der Waals surface area contributed by atoms with Crippen LogP contribution in [-0.4, -0.2) is 32.9 Å². The Morgan fingerprint density at radius 3 is 2.78 bits per heavy atom. The van der Waals surface area contributed by atoms with Crippen LogP contribution in [0.15, 0.2) is 35.1 Å². The number of carbonyl (C=O) groups is 1. The van der Waals surface area contributed by atoms with Gasteiger partial charge in [-0.3, -0.25) is 9.59 Å². The second-order valence-corrected chi connectivity index (χ2v) is 7.10. The van der Waals surface area contributed by atoms with E-state index in [2.05, 4.69) is 5.10 Å². The van der Waals surface area contributed by atoms with Crippen LogP contribution in [0, 0.1) is 0 Å². The van der Waals surface area contributed by atoms with E-state index in [1.165, 1.54) is 19.2 Å². The normalized spacial score (nSPS) is 17.5. The summed E-state index contributed by atoms with van der Waals surface area (Å²) in [6.07, 6.45) is 0. The fraction of sp³-hybridized carbons (Fsp3) is 0.267. The molecule has 5 nitrogen and oxygen atoms in total. The van der Waals surface area contributed by atoms with Crippen molar-refractivity contribution in [2.45, 2.75) is 5.37 Å². The van der Waals surface area contributed by atoms with Gasteiger partial charge in [0.1, 0.15) is 11.1 Å². The molecule has 8 heteroatoms. The molecular formula is C15H13Cl2N3O2S. The minimum atomic E-state index is -0.255. The van der Waals surface area contributed by atoms with E-state index in [1.54, 1.807) is 28.8 Å². The van der Waals surface area contributed by atoms with Gasteiger partial charge < -0.3 is 4.90 Å². The highest BCUT2D eigenvalue weighted by molar-refractivity contribution is 7.99. The van der Waals surface area contributed by atoms with E-state index in [4.69, 9.17) is 23.2 Å². The number of nitrogens with zero attached hydrogens (tertiary/aromatic N) is 3. The summed E-state index contributed by atoms with van der Waals surface area (Å²) in [6, 6.07) is 8.06. The molecule has 1 saturated heterocycles. The lowest BCUT2D eigenvalue weighted by Gasteiger charge is -2.24. The van der Waals surface area contributed by atoms with Crippen molar-refractivity contribution in [3.05, 3.63) is 62.0 Å². The zero-order chi connectivity index (χ0) is 16.6. The van der Waals surface area contributed by atoms with Gasteiger partial charge in [0.25, 0.3) is 11.5 Å². The van der Waals surface area contributed by atoms with Gasteiger partial charge in [-0.2, -0.15) is 5.10 Å². The molecule has 0 N–H and O–H groups in total. The lowest BCUT2D eigenvalue weighted by atomic mass is 10.2. The molecular weight excluding hydrogens is 357 g/mol. The molecule has 1 unspecified atom stereocenters. The molecule has 23 heavy (non-hydrogen) atoms. The molecule has 0 spiro atoms. The summed E-state index contributed by atoms with van der Waals surface area (Å²) in [7, 11) is 1.52. The predicted octanol–water partition coefficient (Wildman–Crippen LogP) is 2.97. The van der Waals surface area contributed by atoms with Gasteiger partial charge in [-0.15, -0.1) is 11.8 Å². The minimum Gasteiger partial charge on any atom is -0.320 e. The highest BCUT2D eigenvalue weighted by Crippen LogP contribution is 2.42. The smallest absolute Gasteiger partial charge is 0.275 e. The minimum absolute atomic E-state index is 0.189. The highest BCUT2D eigenvalue weighted by atomic mass is 35.5. The topological polar surface area (TPSA) is 55.2 Å². The number of benzene rings is 1. The quantitative estimate of drug-likeness (QED) is 0.816. The first-order valence-corrected chi connectivity index (χ1v) is 8.70. The monoisotopic (exact) mass is 369 g/mol. The molecule has 0 saturated carbocycles. The number of hydrogen-bond acceptors (Lipinski definition) is 4. The maximum Gasteiger partial charge on any atom is 0.275 e. The van der Waals surface area contributed by atoms with Crippen molar-refractivity contribution < 1.29 is 4.79 Å². The average molecular weight is 370 g/mol. The summed E-state index contributed by atoms with van der Waals surface area (Å²) in [5.74, 6) is 0.586. The van der Waals surface area contributed by atoms with Crippen molar-refractivity contribution in [3.8, 4) is 0 Å². The van der Waals surface area contributed by atoms with Crippen molar-refractivity contribution in [2.24, 2.45) is 7.05 Å². The van der Waals surface area contributed by atoms with Crippen molar-refractivity contribution >= 4 is 40.9 Å². The van der Waals surface area contributed by atoms with Gasteiger partial charge in [0, 0.05) is 41.0 Å². The molecule has 1 aliphatic heterocycles. The summed E-state index contributed by atoms with van der Waals surface area (Å²) < 4.78 is 1.15. The van der Waals surface area contributed by atoms with Gasteiger partial charge in [-0.25, -0.2) is 4.68 Å². The number of rotatable bonds is 2. The number of aryl methyl sites for hydroxylation is 1. The lowest BCUT2D eigenvalue weighted by Crippen LogP contribution is -2.33. The zero-order valence-electron chi connectivity index (χ0n) is 12.2. The van der Waals surface area contributed by atoms with Crippen molar-refractivity contribution in [2.75, 3.05) is 12.3 Å². The third-order valence-corrected chi connectivity index (χ3v) is 5.36. The van der Waals surface area contributed by atoms with Crippen LogP contribution in [0.2, 0.25) is 10.0 Å². The Hall–Kier alpha value is -1.50. The third kappa shape index (κ3) is 3.24. The maximum absolute atomic E-state index is 12.7. The van der Waals surface area contributed by atoms with Crippen LogP contribution in [0.1, 0.15) is 21.4 Å². The zero-order valence-corrected chi connectivity index (χ0v) is 14.5. The molecule has 1 aliphatic rings. The van der Waals surface area contributed by atoms with Gasteiger partial charge in [0.2, 0.25) is 0 Å². The molecule has 2 heterocycles. The molecule has 1 amide bonds. The van der Waals surface area contributed by atoms with Crippen molar-refractivity contribution in [1.29, 1.82) is 0 Å². The van der Waals surface area contributed by atoms with E-state index in [0.717, 1.165) is 16.0 Å². The van der Waals surface area contributed by atoms with Crippen LogP contribution in [0.4, 0.5) is 0 Å². The number of hydrogen-bond donors (Lipinski definition) is 0. The van der Waals surface area contributed by atoms with Crippen LogP contribution >= 0.6 is 35.0 Å². The predicted molar refractivity (Wildman–Crippen MR) is 92.2 cm³/mol. The van der Waals surface area contributed by atoms with Gasteiger partial charge in [0.15, 0.2) is 0 Å². The van der Waals surface area contributed by atoms with Crippen molar-refractivity contribution in [3.63, 3.8) is 0 Å². The van der Waals surface area contributed by atoms with Crippen LogP contribution in [-0.2, 0) is 7.05 Å². The molecule has 1 fully saturated rings. The Morgan fingerprint density at radius 2 is 2.09 bits per heavy atom. The number of carbonyl (C=O) groups excluding carboxylic acids is 1. The number of amides is 1. The van der Waals surface area contributed by atoms with E-state index >= 15 is 0 Å². The molecule has 0 bridgehead atoms. The summed E-state index contributed by atoms with van der Waals surface area (Å²) in [5, 5.41) is 4.93. The second kappa shape index (κ2) is 6.55. The van der Waals surface area contributed by atoms with Crippen LogP contribution in [0.25, 0.3) is 0 Å². The van der Waals surface area contributed by atoms with Crippen LogP contribution in [0.5, 0.6) is 0 Å². The van der Waals surface area contributed by atoms with Gasteiger partial charge >= 0.3 is 0 Å². The molecule has 0 aliphatic carbocycles. The molecule has 0 radical (unpaired) electrons. The van der Waals surface area contributed by atoms with Crippen molar-refractivity contribution in [1.82, 2.24) is 14.7 Å². The lowest BCUT2D eigenvalue weighted by molar-refractivity contribution is 0.0752. The third-order valence-electron chi connectivity index (χ3n) is 3.56. The van der Waals surface area contributed by atoms with E-state index in [0.29, 0.717) is 16.6 Å². The second-order valence-electron chi connectivity index (χ2n) is 5.07. The molecule has 1 aromatic heterocycles. The van der Waals surface area contributed by atoms with E-state index < -0.39 is 0 Å². The molecule has 1 aromatic carbocycles. The average Bonchev–Trinajstić information content (AvgIpc) is 2.98. The standard InChI is InChI=1S/C15H13Cl2N3O2S/c1-19-13(21)5-4-12(18-19)14(22)20-6-7-23-15(20)10-3-2-9(16)8-11(10)17/h2-5,8,15H,6-7H2,1H3. The van der Waals surface area contributed by atoms with Gasteiger partial charge in [0.05, 0.1) is 0 Å². The van der Waals surface area contributed by atoms with Gasteiger partial charge in [-0.1, -0.05) is 29.3 Å². The van der Waals surface area contributed by atoms with Gasteiger partial charge in [-0.05, 0) is 18.2 Å². The Bertz CT molecular complexity index is 825. The maximum atomic E-state index is 12.7. The first kappa shape index (κ1) is 16.4. The number of halogens is 2. The summed E-state index contributed by atoms with van der Waals surface area (Å²) in [5.41, 5.74) is 0.830. The number of aromatic nitrogens is 2. The molecule has 120 valence electrons. The molecule has 2 aromatic rings. The SMILES string of the molecule is Cn1nc(C(=O)N2CCSC2c2ccc(Cl)cc2Cl)ccc1=O. The molecule has 1 atom stereocenters. The Morgan fingerprint density at radius 1 is 1.30 bits per heavy atom. The highest BCUT2D eigenvalue weighted by Gasteiger charge is 2.33. The first-order valence-electron chi connectivity index (χ1n) is 6.89. The Balaban J connectivity index is 1.93. The largest absolute Gasteiger partial charge is 0.320 e. The van der Waals surface area contributed by atoms with Crippen LogP contribution in [0.3, 0.4) is 0 Å². The van der Waals surface area contributed by atoms with E-state index in [1.807, 2.05) is 6.07 Å². The number of thioether (sulfide) groups is 1. The van der Waals surface area contributed by atoms with E-state index in [-0.39, 0.29) is 22.5 Å². The van der Waals surface area contributed by atoms with E-state index in [9.17, 15) is 9.59 Å².